The third kappa shape index (κ3) is 5.71. The fraction of sp³-hybridized carbons (Fsp3) is 0.350. The van der Waals surface area contributed by atoms with Crippen LogP contribution < -0.4 is 9.62 Å². The minimum atomic E-state index is -3.90. The number of halogens is 1. The molecule has 27 heavy (non-hydrogen) atoms. The fourth-order valence-corrected chi connectivity index (χ4v) is 4.34. The van der Waals surface area contributed by atoms with Crippen molar-refractivity contribution in [1.82, 2.24) is 5.32 Å². The number of hydrogen-bond acceptors (Lipinski definition) is 3. The molecule has 0 aromatic heterocycles. The van der Waals surface area contributed by atoms with E-state index in [4.69, 9.17) is 11.6 Å². The summed E-state index contributed by atoms with van der Waals surface area (Å²) in [5, 5.41) is 3.31. The van der Waals surface area contributed by atoms with Gasteiger partial charge in [0.05, 0.1) is 10.6 Å². The zero-order chi connectivity index (χ0) is 20.0. The number of aryl methyl sites for hydroxylation is 1. The average Bonchev–Trinajstić information content (AvgIpc) is 2.60. The second-order valence-corrected chi connectivity index (χ2v) is 9.09. The Morgan fingerprint density at radius 3 is 2.41 bits per heavy atom. The number of anilines is 1. The number of rotatable bonds is 8. The second kappa shape index (κ2) is 9.24. The first kappa shape index (κ1) is 21.3. The molecule has 0 unspecified atom stereocenters. The highest BCUT2D eigenvalue weighted by Gasteiger charge is 2.28. The van der Waals surface area contributed by atoms with E-state index in [-0.39, 0.29) is 17.3 Å². The van der Waals surface area contributed by atoms with Gasteiger partial charge in [0.15, 0.2) is 0 Å². The molecule has 1 N–H and O–H groups in total. The number of amides is 1. The number of nitrogens with zero attached hydrogens (tertiary/aromatic N) is 1. The topological polar surface area (TPSA) is 66.5 Å². The highest BCUT2D eigenvalue weighted by atomic mass is 35.5. The van der Waals surface area contributed by atoms with Crippen molar-refractivity contribution >= 4 is 33.2 Å². The lowest BCUT2D eigenvalue weighted by Gasteiger charge is -2.25. The van der Waals surface area contributed by atoms with E-state index in [1.165, 1.54) is 12.1 Å². The lowest BCUT2D eigenvalue weighted by molar-refractivity contribution is -0.119. The van der Waals surface area contributed by atoms with Gasteiger partial charge in [-0.2, -0.15) is 0 Å². The molecular formula is C20H25ClN2O3S. The van der Waals surface area contributed by atoms with Crippen LogP contribution >= 0.6 is 11.6 Å². The van der Waals surface area contributed by atoms with Gasteiger partial charge in [0.1, 0.15) is 6.54 Å². The van der Waals surface area contributed by atoms with Gasteiger partial charge in [-0.05, 0) is 55.2 Å². The van der Waals surface area contributed by atoms with Crippen LogP contribution in [0.2, 0.25) is 5.02 Å². The van der Waals surface area contributed by atoms with E-state index in [9.17, 15) is 13.2 Å². The summed E-state index contributed by atoms with van der Waals surface area (Å²) in [6, 6.07) is 13.0. The zero-order valence-corrected chi connectivity index (χ0v) is 17.3. The van der Waals surface area contributed by atoms with Crippen molar-refractivity contribution in [1.29, 1.82) is 0 Å². The standard InChI is InChI=1S/C20H25ClN2O3S/c1-15(2)11-12-22-20(24)14-23(19-10-9-17(21)13-16(19)3)27(25,26)18-7-5-4-6-8-18/h4-10,13,15H,11-12,14H2,1-3H3,(H,22,24). The molecule has 0 aliphatic carbocycles. The van der Waals surface area contributed by atoms with E-state index < -0.39 is 10.0 Å². The zero-order valence-electron chi connectivity index (χ0n) is 15.8. The van der Waals surface area contributed by atoms with Crippen LogP contribution in [0.1, 0.15) is 25.8 Å². The van der Waals surface area contributed by atoms with Crippen LogP contribution in [0.25, 0.3) is 0 Å². The van der Waals surface area contributed by atoms with E-state index in [1.54, 1.807) is 43.3 Å². The Bertz CT molecular complexity index is 883. The minimum Gasteiger partial charge on any atom is -0.355 e. The molecule has 2 aromatic carbocycles. The molecular weight excluding hydrogens is 384 g/mol. The molecule has 2 aromatic rings. The summed E-state index contributed by atoms with van der Waals surface area (Å²) in [4.78, 5) is 12.6. The van der Waals surface area contributed by atoms with Crippen LogP contribution in [0.5, 0.6) is 0 Å². The molecule has 7 heteroatoms. The maximum atomic E-state index is 13.2. The van der Waals surface area contributed by atoms with E-state index in [0.29, 0.717) is 28.7 Å². The van der Waals surface area contributed by atoms with Gasteiger partial charge in [0, 0.05) is 11.6 Å². The van der Waals surface area contributed by atoms with Crippen molar-refractivity contribution < 1.29 is 13.2 Å². The van der Waals surface area contributed by atoms with Gasteiger partial charge in [0.2, 0.25) is 5.91 Å². The first-order valence-electron chi connectivity index (χ1n) is 8.82. The molecule has 0 heterocycles. The molecule has 0 aliphatic rings. The molecule has 5 nitrogen and oxygen atoms in total. The van der Waals surface area contributed by atoms with Crippen molar-refractivity contribution in [3.63, 3.8) is 0 Å². The monoisotopic (exact) mass is 408 g/mol. The molecule has 1 amide bonds. The molecule has 146 valence electrons. The van der Waals surface area contributed by atoms with E-state index in [2.05, 4.69) is 19.2 Å². The molecule has 0 radical (unpaired) electrons. The first-order valence-corrected chi connectivity index (χ1v) is 10.6. The minimum absolute atomic E-state index is 0.134. The van der Waals surface area contributed by atoms with Gasteiger partial charge < -0.3 is 5.32 Å². The summed E-state index contributed by atoms with van der Waals surface area (Å²) in [6.07, 6.45) is 0.831. The number of hydrogen-bond donors (Lipinski definition) is 1. The Kier molecular flexibility index (Phi) is 7.27. The van der Waals surface area contributed by atoms with Gasteiger partial charge in [-0.3, -0.25) is 9.10 Å². The Hall–Kier alpha value is -2.05. The van der Waals surface area contributed by atoms with Gasteiger partial charge >= 0.3 is 0 Å². The molecule has 0 atom stereocenters. The third-order valence-corrected chi connectivity index (χ3v) is 6.10. The summed E-state index contributed by atoms with van der Waals surface area (Å²) in [6.45, 7) is 6.11. The SMILES string of the molecule is Cc1cc(Cl)ccc1N(CC(=O)NCCC(C)C)S(=O)(=O)c1ccccc1. The Balaban J connectivity index is 2.36. The molecule has 0 saturated carbocycles. The Labute approximate surface area is 166 Å². The Morgan fingerprint density at radius 2 is 1.81 bits per heavy atom. The summed E-state index contributed by atoms with van der Waals surface area (Å²) in [7, 11) is -3.90. The summed E-state index contributed by atoms with van der Waals surface area (Å²) >= 11 is 6.01. The lowest BCUT2D eigenvalue weighted by Crippen LogP contribution is -2.41. The Morgan fingerprint density at radius 1 is 1.15 bits per heavy atom. The molecule has 0 spiro atoms. The molecule has 0 bridgehead atoms. The van der Waals surface area contributed by atoms with Crippen molar-refractivity contribution in [3.05, 3.63) is 59.1 Å². The maximum absolute atomic E-state index is 13.2. The normalized spacial score (nSPS) is 11.4. The summed E-state index contributed by atoms with van der Waals surface area (Å²) < 4.78 is 27.5. The highest BCUT2D eigenvalue weighted by Crippen LogP contribution is 2.28. The van der Waals surface area contributed by atoms with Crippen LogP contribution in [0, 0.1) is 12.8 Å². The van der Waals surface area contributed by atoms with Crippen LogP contribution in [0.15, 0.2) is 53.4 Å². The van der Waals surface area contributed by atoms with Crippen molar-refractivity contribution in [2.24, 2.45) is 5.92 Å². The maximum Gasteiger partial charge on any atom is 0.264 e. The van der Waals surface area contributed by atoms with E-state index in [0.717, 1.165) is 10.7 Å². The fourth-order valence-electron chi connectivity index (χ4n) is 2.60. The largest absolute Gasteiger partial charge is 0.355 e. The van der Waals surface area contributed by atoms with Crippen LogP contribution in [-0.4, -0.2) is 27.4 Å². The number of benzene rings is 2. The van der Waals surface area contributed by atoms with Crippen molar-refractivity contribution in [2.75, 3.05) is 17.4 Å². The number of carbonyl (C=O) groups excluding carboxylic acids is 1. The molecule has 0 saturated heterocycles. The van der Waals surface area contributed by atoms with Gasteiger partial charge in [0.25, 0.3) is 10.0 Å². The van der Waals surface area contributed by atoms with Crippen LogP contribution in [0.4, 0.5) is 5.69 Å². The second-order valence-electron chi connectivity index (χ2n) is 6.79. The van der Waals surface area contributed by atoms with Crippen molar-refractivity contribution in [3.8, 4) is 0 Å². The van der Waals surface area contributed by atoms with Crippen LogP contribution in [-0.2, 0) is 14.8 Å². The van der Waals surface area contributed by atoms with Crippen molar-refractivity contribution in [2.45, 2.75) is 32.1 Å². The molecule has 0 aliphatic heterocycles. The summed E-state index contributed by atoms with van der Waals surface area (Å²) in [5.74, 6) is 0.109. The molecule has 0 fully saturated rings. The van der Waals surface area contributed by atoms with Gasteiger partial charge in [-0.25, -0.2) is 8.42 Å². The average molecular weight is 409 g/mol. The van der Waals surface area contributed by atoms with E-state index >= 15 is 0 Å². The third-order valence-electron chi connectivity index (χ3n) is 4.09. The quantitative estimate of drug-likeness (QED) is 0.717. The van der Waals surface area contributed by atoms with Crippen LogP contribution in [0.3, 0.4) is 0 Å². The number of carbonyl (C=O) groups is 1. The molecule has 2 rings (SSSR count). The first-order chi connectivity index (χ1) is 12.7. The summed E-state index contributed by atoms with van der Waals surface area (Å²) in [5.41, 5.74) is 1.11. The van der Waals surface area contributed by atoms with Gasteiger partial charge in [-0.1, -0.05) is 43.6 Å². The smallest absolute Gasteiger partial charge is 0.264 e. The lowest BCUT2D eigenvalue weighted by atomic mass is 10.1. The predicted octanol–water partition coefficient (Wildman–Crippen LogP) is 4.01. The number of nitrogens with one attached hydrogen (secondary N) is 1. The van der Waals surface area contributed by atoms with Gasteiger partial charge in [-0.15, -0.1) is 0 Å². The number of sulfonamides is 1. The highest BCUT2D eigenvalue weighted by molar-refractivity contribution is 7.92. The predicted molar refractivity (Wildman–Crippen MR) is 110 cm³/mol. The van der Waals surface area contributed by atoms with E-state index in [1.807, 2.05) is 0 Å².